The second kappa shape index (κ2) is 5.51. The molecule has 1 N–H and O–H groups in total. The van der Waals surface area contributed by atoms with Gasteiger partial charge in [0.05, 0.1) is 20.1 Å². The SMILES string of the molecule is CC(O)(c1ccc(Cl)c(Cl)c1)c1ccc(Cl)c(Cl)c1. The summed E-state index contributed by atoms with van der Waals surface area (Å²) >= 11 is 23.7. The first-order chi connectivity index (χ1) is 8.82. The van der Waals surface area contributed by atoms with E-state index in [9.17, 15) is 5.11 Å². The average molecular weight is 336 g/mol. The number of hydrogen-bond acceptors (Lipinski definition) is 1. The molecular formula is C14H10Cl4O. The molecule has 100 valence electrons. The Morgan fingerprint density at radius 2 is 1.11 bits per heavy atom. The van der Waals surface area contributed by atoms with E-state index in [4.69, 9.17) is 46.4 Å². The van der Waals surface area contributed by atoms with Gasteiger partial charge in [-0.25, -0.2) is 0 Å². The molecule has 0 aliphatic carbocycles. The van der Waals surface area contributed by atoms with E-state index in [1.54, 1.807) is 43.3 Å². The fourth-order valence-electron chi connectivity index (χ4n) is 1.76. The van der Waals surface area contributed by atoms with Crippen molar-refractivity contribution in [2.24, 2.45) is 0 Å². The highest BCUT2D eigenvalue weighted by molar-refractivity contribution is 6.42. The molecule has 0 unspecified atom stereocenters. The Balaban J connectivity index is 2.51. The van der Waals surface area contributed by atoms with Crippen LogP contribution in [0.25, 0.3) is 0 Å². The molecule has 0 bridgehead atoms. The van der Waals surface area contributed by atoms with Crippen molar-refractivity contribution in [1.29, 1.82) is 0 Å². The highest BCUT2D eigenvalue weighted by atomic mass is 35.5. The smallest absolute Gasteiger partial charge is 0.112 e. The molecule has 0 spiro atoms. The number of rotatable bonds is 2. The van der Waals surface area contributed by atoms with Gasteiger partial charge in [0.2, 0.25) is 0 Å². The van der Waals surface area contributed by atoms with Crippen molar-refractivity contribution in [2.45, 2.75) is 12.5 Å². The van der Waals surface area contributed by atoms with E-state index in [1.807, 2.05) is 0 Å². The van der Waals surface area contributed by atoms with Gasteiger partial charge in [-0.15, -0.1) is 0 Å². The topological polar surface area (TPSA) is 20.2 Å². The number of halogens is 4. The van der Waals surface area contributed by atoms with Crippen molar-refractivity contribution in [3.63, 3.8) is 0 Å². The van der Waals surface area contributed by atoms with Crippen LogP contribution < -0.4 is 0 Å². The van der Waals surface area contributed by atoms with Gasteiger partial charge in [-0.05, 0) is 42.3 Å². The van der Waals surface area contributed by atoms with Crippen LogP contribution in [0.1, 0.15) is 18.1 Å². The zero-order valence-corrected chi connectivity index (χ0v) is 12.9. The van der Waals surface area contributed by atoms with Crippen LogP contribution >= 0.6 is 46.4 Å². The van der Waals surface area contributed by atoms with E-state index >= 15 is 0 Å². The van der Waals surface area contributed by atoms with E-state index in [-0.39, 0.29) is 0 Å². The third kappa shape index (κ3) is 3.01. The van der Waals surface area contributed by atoms with Crippen LogP contribution in [0.4, 0.5) is 0 Å². The van der Waals surface area contributed by atoms with Gasteiger partial charge in [-0.1, -0.05) is 58.5 Å². The number of benzene rings is 2. The summed E-state index contributed by atoms with van der Waals surface area (Å²) in [5.41, 5.74) is 0.0169. The Morgan fingerprint density at radius 3 is 1.42 bits per heavy atom. The summed E-state index contributed by atoms with van der Waals surface area (Å²) < 4.78 is 0. The van der Waals surface area contributed by atoms with Crippen molar-refractivity contribution < 1.29 is 5.11 Å². The van der Waals surface area contributed by atoms with Gasteiger partial charge >= 0.3 is 0 Å². The Bertz CT molecular complexity index is 569. The van der Waals surface area contributed by atoms with Crippen molar-refractivity contribution in [3.8, 4) is 0 Å². The Morgan fingerprint density at radius 1 is 0.737 bits per heavy atom. The standard InChI is InChI=1S/C14H10Cl4O/c1-14(19,8-2-4-10(15)12(17)6-8)9-3-5-11(16)13(18)7-9/h2-7,19H,1H3. The predicted molar refractivity (Wildman–Crippen MR) is 81.6 cm³/mol. The van der Waals surface area contributed by atoms with E-state index in [1.165, 1.54) is 0 Å². The third-order valence-electron chi connectivity index (χ3n) is 2.96. The van der Waals surface area contributed by atoms with Crippen LogP contribution in [-0.2, 0) is 5.60 Å². The number of hydrogen-bond donors (Lipinski definition) is 1. The summed E-state index contributed by atoms with van der Waals surface area (Å²) in [6.07, 6.45) is 0. The van der Waals surface area contributed by atoms with Crippen LogP contribution in [0.15, 0.2) is 36.4 Å². The third-order valence-corrected chi connectivity index (χ3v) is 4.44. The highest BCUT2D eigenvalue weighted by Crippen LogP contribution is 2.35. The van der Waals surface area contributed by atoms with Crippen molar-refractivity contribution in [3.05, 3.63) is 67.6 Å². The van der Waals surface area contributed by atoms with Gasteiger partial charge in [0, 0.05) is 0 Å². The first kappa shape index (κ1) is 15.0. The van der Waals surface area contributed by atoms with Gasteiger partial charge in [0.1, 0.15) is 5.60 Å². The molecule has 1 nitrogen and oxygen atoms in total. The maximum atomic E-state index is 10.7. The second-order valence-corrected chi connectivity index (χ2v) is 5.96. The molecule has 0 radical (unpaired) electrons. The lowest BCUT2D eigenvalue weighted by Crippen LogP contribution is -2.22. The summed E-state index contributed by atoms with van der Waals surface area (Å²) in [5, 5.41) is 12.3. The largest absolute Gasteiger partial charge is 0.381 e. The first-order valence-electron chi connectivity index (χ1n) is 5.46. The molecular weight excluding hydrogens is 326 g/mol. The van der Waals surface area contributed by atoms with Gasteiger partial charge in [0.25, 0.3) is 0 Å². The average Bonchev–Trinajstić information content (AvgIpc) is 2.35. The lowest BCUT2D eigenvalue weighted by atomic mass is 9.88. The molecule has 2 aromatic rings. The van der Waals surface area contributed by atoms with Crippen LogP contribution in [0.2, 0.25) is 20.1 Å². The first-order valence-corrected chi connectivity index (χ1v) is 6.97. The maximum Gasteiger partial charge on any atom is 0.112 e. The number of aliphatic hydroxyl groups is 1. The minimum atomic E-state index is -1.23. The lowest BCUT2D eigenvalue weighted by Gasteiger charge is -2.25. The monoisotopic (exact) mass is 334 g/mol. The predicted octanol–water partition coefficient (Wildman–Crippen LogP) is 5.56. The summed E-state index contributed by atoms with van der Waals surface area (Å²) in [4.78, 5) is 0. The molecule has 0 aliphatic rings. The fraction of sp³-hybridized carbons (Fsp3) is 0.143. The minimum absolute atomic E-state index is 0.388. The van der Waals surface area contributed by atoms with Crippen molar-refractivity contribution in [2.75, 3.05) is 0 Å². The molecule has 0 aromatic heterocycles. The summed E-state index contributed by atoms with van der Waals surface area (Å²) in [7, 11) is 0. The molecule has 5 heteroatoms. The summed E-state index contributed by atoms with van der Waals surface area (Å²) in [6, 6.07) is 9.99. The Hall–Kier alpha value is -0.440. The molecule has 0 atom stereocenters. The molecule has 2 aromatic carbocycles. The maximum absolute atomic E-state index is 10.7. The summed E-state index contributed by atoms with van der Waals surface area (Å²) in [5.74, 6) is 0. The fourth-order valence-corrected chi connectivity index (χ4v) is 2.36. The molecule has 0 amide bonds. The van der Waals surface area contributed by atoms with E-state index in [0.717, 1.165) is 0 Å². The zero-order chi connectivity index (χ0) is 14.2. The van der Waals surface area contributed by atoms with Crippen LogP contribution in [0.5, 0.6) is 0 Å². The molecule has 19 heavy (non-hydrogen) atoms. The highest BCUT2D eigenvalue weighted by Gasteiger charge is 2.26. The molecule has 0 saturated carbocycles. The van der Waals surface area contributed by atoms with E-state index < -0.39 is 5.60 Å². The van der Waals surface area contributed by atoms with Crippen molar-refractivity contribution >= 4 is 46.4 Å². The van der Waals surface area contributed by atoms with E-state index in [2.05, 4.69) is 0 Å². The quantitative estimate of drug-likeness (QED) is 0.762. The summed E-state index contributed by atoms with van der Waals surface area (Å²) in [6.45, 7) is 1.66. The van der Waals surface area contributed by atoms with Gasteiger partial charge in [0.15, 0.2) is 0 Å². The Kier molecular flexibility index (Phi) is 4.34. The normalized spacial score (nSPS) is 11.7. The van der Waals surface area contributed by atoms with Crippen LogP contribution in [0, 0.1) is 0 Å². The Labute approximate surface area is 131 Å². The van der Waals surface area contributed by atoms with Crippen LogP contribution in [-0.4, -0.2) is 5.11 Å². The second-order valence-electron chi connectivity index (χ2n) is 4.33. The van der Waals surface area contributed by atoms with Gasteiger partial charge < -0.3 is 5.11 Å². The molecule has 0 saturated heterocycles. The molecule has 0 fully saturated rings. The minimum Gasteiger partial charge on any atom is -0.381 e. The van der Waals surface area contributed by atoms with Gasteiger partial charge in [-0.2, -0.15) is 0 Å². The molecule has 0 aliphatic heterocycles. The molecule has 0 heterocycles. The van der Waals surface area contributed by atoms with Crippen molar-refractivity contribution in [1.82, 2.24) is 0 Å². The van der Waals surface area contributed by atoms with Crippen LogP contribution in [0.3, 0.4) is 0 Å². The zero-order valence-electron chi connectivity index (χ0n) is 9.92. The molecule has 2 rings (SSSR count). The van der Waals surface area contributed by atoms with Gasteiger partial charge in [-0.3, -0.25) is 0 Å². The lowest BCUT2D eigenvalue weighted by molar-refractivity contribution is 0.102. The van der Waals surface area contributed by atoms with E-state index in [0.29, 0.717) is 31.2 Å².